The van der Waals surface area contributed by atoms with Crippen LogP contribution in [0.3, 0.4) is 0 Å². The van der Waals surface area contributed by atoms with Gasteiger partial charge < -0.3 is 4.74 Å². The summed E-state index contributed by atoms with van der Waals surface area (Å²) in [5.74, 6) is 2.80. The Labute approximate surface area is 201 Å². The Morgan fingerprint density at radius 1 is 0.727 bits per heavy atom. The fourth-order valence-electron chi connectivity index (χ4n) is 11.6. The summed E-state index contributed by atoms with van der Waals surface area (Å²) in [7, 11) is 0. The standard InChI is InChI=1S/C30H46O3/c1-25(2)14-16-30-17-15-28(6)18(22(30)23(25)33-24(30)32)8-9-20-27(5)12-11-21(31)26(3,4)19(27)10-13-29(20,28)7/h18-20,22-23H,8-17H2,1-7H3/t18?,19?,20?,22?,23?,27-,28-,29+,30?/m0/s1. The van der Waals surface area contributed by atoms with Gasteiger partial charge in [0.1, 0.15) is 11.9 Å². The van der Waals surface area contributed by atoms with E-state index in [1.54, 1.807) is 0 Å². The summed E-state index contributed by atoms with van der Waals surface area (Å²) in [5, 5.41) is 0. The molecule has 184 valence electrons. The minimum Gasteiger partial charge on any atom is -0.461 e. The van der Waals surface area contributed by atoms with Crippen molar-refractivity contribution in [2.24, 2.45) is 56.2 Å². The van der Waals surface area contributed by atoms with E-state index in [-0.39, 0.29) is 44.6 Å². The van der Waals surface area contributed by atoms with Gasteiger partial charge in [0, 0.05) is 23.2 Å². The Bertz CT molecular complexity index is 918. The third kappa shape index (κ3) is 2.39. The topological polar surface area (TPSA) is 43.4 Å². The zero-order valence-corrected chi connectivity index (χ0v) is 22.2. The molecule has 2 bridgehead atoms. The second-order valence-corrected chi connectivity index (χ2v) is 15.3. The fourth-order valence-corrected chi connectivity index (χ4v) is 11.6. The lowest BCUT2D eigenvalue weighted by molar-refractivity contribution is -0.239. The number of ketones is 1. The number of fused-ring (bicyclic) bond motifs is 5. The predicted octanol–water partition coefficient (Wildman–Crippen LogP) is 6.97. The number of esters is 1. The summed E-state index contributed by atoms with van der Waals surface area (Å²) in [6, 6.07) is 0. The van der Waals surface area contributed by atoms with Crippen molar-refractivity contribution in [2.45, 2.75) is 119 Å². The van der Waals surface area contributed by atoms with E-state index in [4.69, 9.17) is 4.74 Å². The highest BCUT2D eigenvalue weighted by Crippen LogP contribution is 2.77. The minimum absolute atomic E-state index is 0.0910. The number of ether oxygens (including phenoxy) is 1. The van der Waals surface area contributed by atoms with Gasteiger partial charge >= 0.3 is 5.97 Å². The average Bonchev–Trinajstić information content (AvgIpc) is 2.99. The molecule has 3 heteroatoms. The van der Waals surface area contributed by atoms with E-state index < -0.39 is 0 Å². The highest BCUT2D eigenvalue weighted by atomic mass is 16.6. The van der Waals surface area contributed by atoms with Crippen LogP contribution in [0.5, 0.6) is 0 Å². The first-order valence-electron chi connectivity index (χ1n) is 14.0. The van der Waals surface area contributed by atoms with E-state index in [1.165, 1.54) is 32.1 Å². The molecule has 5 aliphatic carbocycles. The summed E-state index contributed by atoms with van der Waals surface area (Å²) < 4.78 is 6.27. The Balaban J connectivity index is 1.42. The van der Waals surface area contributed by atoms with Crippen molar-refractivity contribution in [3.05, 3.63) is 0 Å². The zero-order valence-electron chi connectivity index (χ0n) is 22.2. The van der Waals surface area contributed by atoms with Gasteiger partial charge in [-0.25, -0.2) is 0 Å². The predicted molar refractivity (Wildman–Crippen MR) is 129 cm³/mol. The molecule has 9 atom stereocenters. The molecule has 1 aliphatic heterocycles. The summed E-state index contributed by atoms with van der Waals surface area (Å²) in [4.78, 5) is 26.3. The fraction of sp³-hybridized carbons (Fsp3) is 0.933. The first-order valence-corrected chi connectivity index (χ1v) is 14.0. The lowest BCUT2D eigenvalue weighted by Gasteiger charge is -2.72. The molecule has 1 heterocycles. The lowest BCUT2D eigenvalue weighted by Crippen LogP contribution is -2.67. The van der Waals surface area contributed by atoms with E-state index in [2.05, 4.69) is 48.5 Å². The van der Waals surface area contributed by atoms with Crippen molar-refractivity contribution in [1.82, 2.24) is 0 Å². The maximum absolute atomic E-state index is 13.3. The molecule has 0 spiro atoms. The first kappa shape index (κ1) is 22.6. The smallest absolute Gasteiger partial charge is 0.312 e. The molecule has 0 aromatic carbocycles. The van der Waals surface area contributed by atoms with Gasteiger partial charge in [-0.1, -0.05) is 48.5 Å². The molecule has 6 aliphatic rings. The molecule has 0 aromatic rings. The average molecular weight is 455 g/mol. The van der Waals surface area contributed by atoms with E-state index in [0.717, 1.165) is 32.1 Å². The Morgan fingerprint density at radius 2 is 1.42 bits per heavy atom. The second-order valence-electron chi connectivity index (χ2n) is 15.3. The zero-order chi connectivity index (χ0) is 23.8. The van der Waals surface area contributed by atoms with Gasteiger partial charge in [-0.3, -0.25) is 9.59 Å². The lowest BCUT2D eigenvalue weighted by atomic mass is 9.31. The van der Waals surface area contributed by atoms with Crippen molar-refractivity contribution in [2.75, 3.05) is 0 Å². The normalized spacial score (nSPS) is 56.2. The molecular formula is C30H46O3. The molecule has 6 fully saturated rings. The highest BCUT2D eigenvalue weighted by Gasteiger charge is 2.75. The molecule has 0 radical (unpaired) electrons. The summed E-state index contributed by atoms with van der Waals surface area (Å²) in [5.41, 5.74) is 0.494. The van der Waals surface area contributed by atoms with Gasteiger partial charge in [-0.2, -0.15) is 0 Å². The van der Waals surface area contributed by atoms with Crippen molar-refractivity contribution >= 4 is 11.8 Å². The van der Waals surface area contributed by atoms with Crippen LogP contribution in [0.2, 0.25) is 0 Å². The van der Waals surface area contributed by atoms with Gasteiger partial charge in [0.05, 0.1) is 5.41 Å². The first-order chi connectivity index (χ1) is 15.2. The van der Waals surface area contributed by atoms with E-state index >= 15 is 0 Å². The molecular weight excluding hydrogens is 408 g/mol. The molecule has 0 amide bonds. The van der Waals surface area contributed by atoms with Gasteiger partial charge in [-0.15, -0.1) is 0 Å². The third-order valence-corrected chi connectivity index (χ3v) is 13.8. The minimum atomic E-state index is -0.200. The van der Waals surface area contributed by atoms with E-state index in [0.29, 0.717) is 29.5 Å². The number of hydrogen-bond donors (Lipinski definition) is 0. The monoisotopic (exact) mass is 454 g/mol. The molecule has 5 saturated carbocycles. The van der Waals surface area contributed by atoms with Crippen LogP contribution < -0.4 is 0 Å². The van der Waals surface area contributed by atoms with Crippen LogP contribution in [0.15, 0.2) is 0 Å². The van der Waals surface area contributed by atoms with Crippen LogP contribution in [0.25, 0.3) is 0 Å². The van der Waals surface area contributed by atoms with Crippen LogP contribution in [-0.2, 0) is 14.3 Å². The second kappa shape index (κ2) is 6.28. The van der Waals surface area contributed by atoms with E-state index in [9.17, 15) is 9.59 Å². The van der Waals surface area contributed by atoms with Gasteiger partial charge in [0.25, 0.3) is 0 Å². The van der Waals surface area contributed by atoms with Crippen molar-refractivity contribution in [3.63, 3.8) is 0 Å². The van der Waals surface area contributed by atoms with Gasteiger partial charge in [0.2, 0.25) is 0 Å². The molecule has 0 aromatic heterocycles. The maximum Gasteiger partial charge on any atom is 0.312 e. The molecule has 33 heavy (non-hydrogen) atoms. The summed E-state index contributed by atoms with van der Waals surface area (Å²) >= 11 is 0. The number of carbonyl (C=O) groups is 2. The van der Waals surface area contributed by atoms with Crippen LogP contribution in [0, 0.1) is 56.2 Å². The SMILES string of the molecule is CC1(C)CCC23CC[C@@]4(C)C(CCC5[C@@]6(C)CCC(=O)C(C)(C)C6CC[C@]54C)C2C1OC3=O. The number of hydrogen-bond acceptors (Lipinski definition) is 3. The molecule has 0 N–H and O–H groups in total. The summed E-state index contributed by atoms with van der Waals surface area (Å²) in [6.45, 7) is 17.0. The number of rotatable bonds is 0. The molecule has 3 nitrogen and oxygen atoms in total. The number of carbonyl (C=O) groups excluding carboxylic acids is 2. The maximum atomic E-state index is 13.3. The van der Waals surface area contributed by atoms with Gasteiger partial charge in [-0.05, 0) is 91.8 Å². The van der Waals surface area contributed by atoms with Gasteiger partial charge in [0.15, 0.2) is 0 Å². The summed E-state index contributed by atoms with van der Waals surface area (Å²) in [6.07, 6.45) is 11.2. The Hall–Kier alpha value is -0.860. The Kier molecular flexibility index (Phi) is 4.30. The third-order valence-electron chi connectivity index (χ3n) is 13.8. The molecule has 6 unspecified atom stereocenters. The molecule has 6 rings (SSSR count). The highest BCUT2D eigenvalue weighted by molar-refractivity contribution is 5.85. The van der Waals surface area contributed by atoms with Crippen LogP contribution in [0.1, 0.15) is 113 Å². The van der Waals surface area contributed by atoms with Crippen molar-refractivity contribution in [3.8, 4) is 0 Å². The Morgan fingerprint density at radius 3 is 2.15 bits per heavy atom. The molecule has 1 saturated heterocycles. The van der Waals surface area contributed by atoms with Crippen molar-refractivity contribution < 1.29 is 14.3 Å². The largest absolute Gasteiger partial charge is 0.461 e. The van der Waals surface area contributed by atoms with Crippen molar-refractivity contribution in [1.29, 1.82) is 0 Å². The number of Topliss-reactive ketones (excluding diaryl/α,β-unsaturated/α-hetero) is 1. The quantitative estimate of drug-likeness (QED) is 0.371. The van der Waals surface area contributed by atoms with Crippen LogP contribution >= 0.6 is 0 Å². The van der Waals surface area contributed by atoms with E-state index in [1.807, 2.05) is 0 Å². The van der Waals surface area contributed by atoms with Crippen LogP contribution in [-0.4, -0.2) is 17.9 Å². The van der Waals surface area contributed by atoms with Crippen LogP contribution in [0.4, 0.5) is 0 Å².